The molecule has 4 aliphatic rings. The number of rotatable bonds is 7. The number of aromatic nitrogens is 1. The maximum atomic E-state index is 14.6. The molecule has 2 aliphatic carbocycles. The Morgan fingerprint density at radius 3 is 2.62 bits per heavy atom. The van der Waals surface area contributed by atoms with Crippen LogP contribution in [0.15, 0.2) is 54.6 Å². The van der Waals surface area contributed by atoms with E-state index in [0.717, 1.165) is 35.2 Å². The Morgan fingerprint density at radius 2 is 1.89 bits per heavy atom. The first-order valence-corrected chi connectivity index (χ1v) is 20.6. The van der Waals surface area contributed by atoms with Crippen LogP contribution in [-0.2, 0) is 37.0 Å². The molecule has 0 radical (unpaired) electrons. The van der Waals surface area contributed by atoms with Crippen molar-refractivity contribution in [3.05, 3.63) is 71.3 Å². The number of nitrogens with zero attached hydrogens (tertiary/aromatic N) is 2. The van der Waals surface area contributed by atoms with E-state index in [1.54, 1.807) is 19.9 Å². The van der Waals surface area contributed by atoms with E-state index in [1.807, 2.05) is 36.4 Å². The highest BCUT2D eigenvalue weighted by atomic mass is 32.2. The second-order valence-corrected chi connectivity index (χ2v) is 18.8. The van der Waals surface area contributed by atoms with Crippen molar-refractivity contribution >= 4 is 49.2 Å². The van der Waals surface area contributed by atoms with Gasteiger partial charge in [-0.25, -0.2) is 13.4 Å². The number of sulfonamides is 1. The van der Waals surface area contributed by atoms with Crippen molar-refractivity contribution in [2.24, 2.45) is 17.3 Å². The standard InChI is InChI=1S/C39H44F3N3O6S2/c1-24-16-25(19-28(17-24)39(40,41)42)18-26-10-6-4-3-5-7-11-27-21-38(27,35(48)44-53(49,50)37(2)14-15-37)22-32(46)31-20-29(23-45(31)34(26)47)51-36-43-30-12-8-9-13-33(30)52-36/h7-9,11-13,16-17,19,26-27,29,31H,3-6,10,14-15,18,20-23H2,1-2H3,(H,44,48)/b11-7-/t26-,27-,29-,31+,38-/m1/s1. The first-order valence-electron chi connectivity index (χ1n) is 18.3. The summed E-state index contributed by atoms with van der Waals surface area (Å²) in [7, 11) is -3.96. The topological polar surface area (TPSA) is 123 Å². The maximum Gasteiger partial charge on any atom is 0.416 e. The Kier molecular flexibility index (Phi) is 10.0. The molecule has 3 aromatic rings. The summed E-state index contributed by atoms with van der Waals surface area (Å²) in [5.74, 6) is -2.47. The van der Waals surface area contributed by atoms with Crippen LogP contribution in [0.5, 0.6) is 5.19 Å². The molecular weight excluding hydrogens is 728 g/mol. The fourth-order valence-electron chi connectivity index (χ4n) is 7.89. The smallest absolute Gasteiger partial charge is 0.416 e. The Hall–Kier alpha value is -3.78. The van der Waals surface area contributed by atoms with E-state index >= 15 is 0 Å². The number of amides is 2. The molecule has 5 atom stereocenters. The highest BCUT2D eigenvalue weighted by Crippen LogP contribution is 2.57. The van der Waals surface area contributed by atoms with Crippen LogP contribution in [0.25, 0.3) is 10.2 Å². The first kappa shape index (κ1) is 37.5. The van der Waals surface area contributed by atoms with Gasteiger partial charge in [0.05, 0.1) is 38.5 Å². The quantitative estimate of drug-likeness (QED) is 0.250. The monoisotopic (exact) mass is 771 g/mol. The predicted octanol–water partition coefficient (Wildman–Crippen LogP) is 7.32. The number of halogens is 3. The number of fused-ring (bicyclic) bond motifs is 3. The third-order valence-corrected chi connectivity index (χ3v) is 14.5. The minimum atomic E-state index is -4.55. The maximum absolute atomic E-state index is 14.6. The van der Waals surface area contributed by atoms with Gasteiger partial charge in [-0.2, -0.15) is 13.2 Å². The molecule has 3 fully saturated rings. The summed E-state index contributed by atoms with van der Waals surface area (Å²) in [5.41, 5.74) is -0.475. The number of Topliss-reactive ketones (excluding diaryl/α,β-unsaturated/α-hetero) is 1. The summed E-state index contributed by atoms with van der Waals surface area (Å²) in [6.45, 7) is 3.24. The lowest BCUT2D eigenvalue weighted by Gasteiger charge is -2.29. The fraction of sp³-hybridized carbons (Fsp3) is 0.538. The SMILES string of the molecule is Cc1cc(C[C@H]2CCCCC/C=C\[C@@H]3C[C@@]3(C(=O)NS(=O)(=O)C3(C)CC3)CC(=O)[C@@H]3C[C@@H](Oc4nc5ccccc5s4)CN3C2=O)cc(C(F)(F)F)c1. The number of aryl methyl sites for hydroxylation is 1. The van der Waals surface area contributed by atoms with Crippen molar-refractivity contribution in [2.75, 3.05) is 6.54 Å². The largest absolute Gasteiger partial charge is 0.465 e. The molecule has 7 rings (SSSR count). The molecule has 9 nitrogen and oxygen atoms in total. The van der Waals surface area contributed by atoms with Crippen LogP contribution in [0.1, 0.15) is 87.8 Å². The van der Waals surface area contributed by atoms with Gasteiger partial charge in [0.2, 0.25) is 21.8 Å². The molecular formula is C39H44F3N3O6S2. The fourth-order valence-corrected chi connectivity index (χ4v) is 10.1. The zero-order chi connectivity index (χ0) is 37.8. The molecule has 284 valence electrons. The number of benzene rings is 2. The molecule has 2 amide bonds. The van der Waals surface area contributed by atoms with Gasteiger partial charge >= 0.3 is 6.18 Å². The minimum Gasteiger partial charge on any atom is -0.465 e. The van der Waals surface area contributed by atoms with Crippen LogP contribution in [0, 0.1) is 24.2 Å². The molecule has 0 unspecified atom stereocenters. The number of ether oxygens (including phenoxy) is 1. The molecule has 1 aromatic heterocycles. The van der Waals surface area contributed by atoms with Crippen LogP contribution in [0.4, 0.5) is 13.2 Å². The summed E-state index contributed by atoms with van der Waals surface area (Å²) < 4.78 is 76.1. The van der Waals surface area contributed by atoms with E-state index in [2.05, 4.69) is 9.71 Å². The van der Waals surface area contributed by atoms with Crippen LogP contribution in [0.3, 0.4) is 0 Å². The minimum absolute atomic E-state index is 0.0541. The molecule has 53 heavy (non-hydrogen) atoms. The van der Waals surface area contributed by atoms with Gasteiger partial charge in [-0.1, -0.05) is 60.1 Å². The summed E-state index contributed by atoms with van der Waals surface area (Å²) in [6, 6.07) is 10.4. The zero-order valence-electron chi connectivity index (χ0n) is 29.8. The van der Waals surface area contributed by atoms with E-state index in [-0.39, 0.29) is 43.4 Å². The number of alkyl halides is 3. The van der Waals surface area contributed by atoms with Crippen molar-refractivity contribution in [3.63, 3.8) is 0 Å². The lowest BCUT2D eigenvalue weighted by Crippen LogP contribution is -2.47. The van der Waals surface area contributed by atoms with Crippen LogP contribution < -0.4 is 9.46 Å². The van der Waals surface area contributed by atoms with Crippen LogP contribution in [0.2, 0.25) is 0 Å². The first-order chi connectivity index (χ1) is 25.1. The number of hydrogen-bond acceptors (Lipinski definition) is 8. The van der Waals surface area contributed by atoms with Crippen molar-refractivity contribution in [3.8, 4) is 5.19 Å². The Labute approximate surface area is 311 Å². The highest BCUT2D eigenvalue weighted by Gasteiger charge is 2.62. The lowest BCUT2D eigenvalue weighted by molar-refractivity contribution is -0.142. The van der Waals surface area contributed by atoms with Gasteiger partial charge in [0.15, 0.2) is 5.78 Å². The number of hydrogen-bond donors (Lipinski definition) is 1. The van der Waals surface area contributed by atoms with Crippen molar-refractivity contribution in [1.29, 1.82) is 0 Å². The van der Waals surface area contributed by atoms with E-state index in [0.29, 0.717) is 54.8 Å². The summed E-state index contributed by atoms with van der Waals surface area (Å²) in [4.78, 5) is 49.0. The number of thiazole rings is 1. The number of para-hydroxylation sites is 1. The number of ketones is 1. The van der Waals surface area contributed by atoms with Crippen LogP contribution in [-0.4, -0.2) is 59.3 Å². The van der Waals surface area contributed by atoms with Gasteiger partial charge in [-0.15, -0.1) is 0 Å². The van der Waals surface area contributed by atoms with E-state index in [9.17, 15) is 36.0 Å². The average Bonchev–Trinajstić information content (AvgIpc) is 3.90. The average molecular weight is 772 g/mol. The number of nitrogens with one attached hydrogen (secondary N) is 1. The third kappa shape index (κ3) is 7.90. The molecule has 0 bridgehead atoms. The van der Waals surface area contributed by atoms with Gasteiger partial charge in [-0.3, -0.25) is 19.1 Å². The Morgan fingerprint density at radius 1 is 1.11 bits per heavy atom. The van der Waals surface area contributed by atoms with E-state index in [1.165, 1.54) is 16.2 Å². The normalized spacial score (nSPS) is 28.4. The molecule has 1 saturated heterocycles. The highest BCUT2D eigenvalue weighted by molar-refractivity contribution is 7.91. The van der Waals surface area contributed by atoms with Gasteiger partial charge in [0.25, 0.3) is 5.19 Å². The van der Waals surface area contributed by atoms with Gasteiger partial charge in [0, 0.05) is 18.8 Å². The summed E-state index contributed by atoms with van der Waals surface area (Å²) >= 11 is 1.34. The predicted molar refractivity (Wildman–Crippen MR) is 195 cm³/mol. The third-order valence-electron chi connectivity index (χ3n) is 11.5. The molecule has 2 saturated carbocycles. The van der Waals surface area contributed by atoms with Crippen molar-refractivity contribution < 1.29 is 40.7 Å². The molecule has 3 heterocycles. The number of allylic oxidation sites excluding steroid dienone is 2. The van der Waals surface area contributed by atoms with Crippen molar-refractivity contribution in [2.45, 2.75) is 108 Å². The van der Waals surface area contributed by atoms with Gasteiger partial charge in [-0.05, 0) is 94.5 Å². The second kappa shape index (κ2) is 14.1. The number of carbonyl (C=O) groups excluding carboxylic acids is 3. The Bertz CT molecular complexity index is 2030. The summed E-state index contributed by atoms with van der Waals surface area (Å²) in [5, 5.41) is 0.386. The molecule has 2 aromatic carbocycles. The van der Waals surface area contributed by atoms with E-state index < -0.39 is 55.9 Å². The van der Waals surface area contributed by atoms with Gasteiger partial charge < -0.3 is 9.64 Å². The molecule has 2 aliphatic heterocycles. The molecule has 1 N–H and O–H groups in total. The lowest BCUT2D eigenvalue weighted by atomic mass is 9.89. The second-order valence-electron chi connectivity index (χ2n) is 15.6. The zero-order valence-corrected chi connectivity index (χ0v) is 31.4. The summed E-state index contributed by atoms with van der Waals surface area (Å²) in [6.07, 6.45) is 3.19. The Balaban J connectivity index is 1.20. The molecule has 14 heteroatoms. The van der Waals surface area contributed by atoms with Gasteiger partial charge in [0.1, 0.15) is 6.10 Å². The molecule has 0 spiro atoms. The van der Waals surface area contributed by atoms with E-state index in [4.69, 9.17) is 4.74 Å². The number of carbonyl (C=O) groups is 3. The van der Waals surface area contributed by atoms with Crippen LogP contribution >= 0.6 is 11.3 Å². The van der Waals surface area contributed by atoms with Crippen molar-refractivity contribution in [1.82, 2.24) is 14.6 Å².